The van der Waals surface area contributed by atoms with Gasteiger partial charge in [-0.05, 0) is 50.1 Å². The van der Waals surface area contributed by atoms with Crippen molar-refractivity contribution in [1.82, 2.24) is 14.8 Å². The molecule has 2 aromatic carbocycles. The number of aromatic nitrogens is 3. The Kier molecular flexibility index (Phi) is 6.47. The maximum atomic E-state index is 13.4. The van der Waals surface area contributed by atoms with Crippen LogP contribution in [-0.2, 0) is 9.59 Å². The van der Waals surface area contributed by atoms with Gasteiger partial charge in [-0.3, -0.25) is 14.2 Å². The zero-order chi connectivity index (χ0) is 23.7. The Morgan fingerprint density at radius 2 is 1.94 bits per heavy atom. The van der Waals surface area contributed by atoms with Gasteiger partial charge < -0.3 is 15.1 Å². The molecular weight excluding hydrogens is 472 g/mol. The van der Waals surface area contributed by atoms with Crippen LogP contribution in [0.4, 0.5) is 17.3 Å². The lowest BCUT2D eigenvalue weighted by molar-refractivity contribution is -0.117. The van der Waals surface area contributed by atoms with Gasteiger partial charge in [-0.2, -0.15) is 0 Å². The van der Waals surface area contributed by atoms with Gasteiger partial charge in [0, 0.05) is 30.6 Å². The standard InChI is InChI=1S/C24H25ClN6O2S/c1-16-13-21(32)26-19-9-2-3-10-20(19)30(16)22(33)15-34-24-28-27-23(29-11-4-5-12-29)31(24)18-8-6-7-17(25)14-18/h2-3,6-10,14,16H,4-5,11-13,15H2,1H3,(H,26,32). The van der Waals surface area contributed by atoms with Crippen molar-refractivity contribution in [1.29, 1.82) is 0 Å². The van der Waals surface area contributed by atoms with Crippen LogP contribution in [0.1, 0.15) is 26.2 Å². The summed E-state index contributed by atoms with van der Waals surface area (Å²) in [5.74, 6) is 0.729. The molecule has 0 spiro atoms. The number of benzene rings is 2. The number of fused-ring (bicyclic) bond motifs is 1. The lowest BCUT2D eigenvalue weighted by atomic mass is 10.2. The number of para-hydroxylation sites is 2. The van der Waals surface area contributed by atoms with Gasteiger partial charge >= 0.3 is 0 Å². The van der Waals surface area contributed by atoms with Gasteiger partial charge in [0.1, 0.15) is 0 Å². The van der Waals surface area contributed by atoms with E-state index in [-0.39, 0.29) is 30.0 Å². The van der Waals surface area contributed by atoms with Crippen molar-refractivity contribution in [2.24, 2.45) is 0 Å². The highest BCUT2D eigenvalue weighted by Crippen LogP contribution is 2.33. The predicted molar refractivity (Wildman–Crippen MR) is 135 cm³/mol. The molecule has 2 aliphatic rings. The Balaban J connectivity index is 1.43. The molecule has 176 valence electrons. The van der Waals surface area contributed by atoms with Gasteiger partial charge in [0.15, 0.2) is 5.16 Å². The van der Waals surface area contributed by atoms with Crippen molar-refractivity contribution in [3.63, 3.8) is 0 Å². The first-order valence-electron chi connectivity index (χ1n) is 11.3. The van der Waals surface area contributed by atoms with E-state index in [9.17, 15) is 9.59 Å². The second kappa shape index (κ2) is 9.68. The molecule has 1 unspecified atom stereocenters. The minimum absolute atomic E-state index is 0.0928. The fraction of sp³-hybridized carbons (Fsp3) is 0.333. The summed E-state index contributed by atoms with van der Waals surface area (Å²) >= 11 is 7.61. The van der Waals surface area contributed by atoms with Crippen LogP contribution >= 0.6 is 23.4 Å². The van der Waals surface area contributed by atoms with Crippen molar-refractivity contribution in [2.75, 3.05) is 34.0 Å². The molecule has 8 nitrogen and oxygen atoms in total. The molecule has 1 aromatic heterocycles. The Morgan fingerprint density at radius 3 is 2.74 bits per heavy atom. The third-order valence-corrected chi connectivity index (χ3v) is 7.17. The molecule has 2 aliphatic heterocycles. The lowest BCUT2D eigenvalue weighted by Crippen LogP contribution is -2.40. The largest absolute Gasteiger partial charge is 0.341 e. The van der Waals surface area contributed by atoms with Gasteiger partial charge in [0.25, 0.3) is 0 Å². The molecule has 2 amide bonds. The number of carbonyl (C=O) groups is 2. The summed E-state index contributed by atoms with van der Waals surface area (Å²) in [7, 11) is 0. The van der Waals surface area contributed by atoms with E-state index in [0.717, 1.165) is 37.6 Å². The third kappa shape index (κ3) is 4.50. The van der Waals surface area contributed by atoms with Crippen LogP contribution in [0, 0.1) is 0 Å². The number of hydrogen-bond acceptors (Lipinski definition) is 6. The third-order valence-electron chi connectivity index (χ3n) is 6.02. The number of carbonyl (C=O) groups excluding carboxylic acids is 2. The molecule has 0 bridgehead atoms. The van der Waals surface area contributed by atoms with Crippen molar-refractivity contribution in [3.8, 4) is 5.69 Å². The van der Waals surface area contributed by atoms with E-state index in [0.29, 0.717) is 21.6 Å². The summed E-state index contributed by atoms with van der Waals surface area (Å²) in [6.45, 7) is 3.74. The lowest BCUT2D eigenvalue weighted by Gasteiger charge is -2.27. The molecule has 1 saturated heterocycles. The van der Waals surface area contributed by atoms with Crippen LogP contribution < -0.4 is 15.1 Å². The Hall–Kier alpha value is -3.04. The monoisotopic (exact) mass is 496 g/mol. The number of rotatable bonds is 5. The summed E-state index contributed by atoms with van der Waals surface area (Å²) in [6.07, 6.45) is 2.47. The van der Waals surface area contributed by atoms with Crippen molar-refractivity contribution < 1.29 is 9.59 Å². The first-order valence-corrected chi connectivity index (χ1v) is 12.7. The predicted octanol–water partition coefficient (Wildman–Crippen LogP) is 4.38. The number of anilines is 3. The van der Waals surface area contributed by atoms with Crippen LogP contribution in [0.25, 0.3) is 5.69 Å². The summed E-state index contributed by atoms with van der Waals surface area (Å²) in [5, 5.41) is 13.0. The minimum atomic E-state index is -0.261. The number of hydrogen-bond donors (Lipinski definition) is 1. The topological polar surface area (TPSA) is 83.4 Å². The summed E-state index contributed by atoms with van der Waals surface area (Å²) in [5.41, 5.74) is 2.21. The van der Waals surface area contributed by atoms with Crippen LogP contribution in [0.5, 0.6) is 0 Å². The van der Waals surface area contributed by atoms with Crippen LogP contribution in [0.2, 0.25) is 5.02 Å². The normalized spacial score (nSPS) is 17.9. The smallest absolute Gasteiger partial charge is 0.237 e. The summed E-state index contributed by atoms with van der Waals surface area (Å²) in [6, 6.07) is 14.7. The van der Waals surface area contributed by atoms with Gasteiger partial charge in [-0.15, -0.1) is 10.2 Å². The van der Waals surface area contributed by atoms with Gasteiger partial charge in [0.05, 0.1) is 22.8 Å². The number of halogens is 1. The first-order chi connectivity index (χ1) is 16.5. The van der Waals surface area contributed by atoms with Gasteiger partial charge in [-0.25, -0.2) is 0 Å². The number of amides is 2. The zero-order valence-corrected chi connectivity index (χ0v) is 20.3. The fourth-order valence-corrected chi connectivity index (χ4v) is 5.47. The number of nitrogens with zero attached hydrogens (tertiary/aromatic N) is 5. The highest BCUT2D eigenvalue weighted by molar-refractivity contribution is 7.99. The van der Waals surface area contributed by atoms with E-state index >= 15 is 0 Å². The second-order valence-electron chi connectivity index (χ2n) is 8.46. The molecule has 34 heavy (non-hydrogen) atoms. The second-order valence-corrected chi connectivity index (χ2v) is 9.84. The molecule has 1 N–H and O–H groups in total. The van der Waals surface area contributed by atoms with Gasteiger partial charge in [-0.1, -0.05) is 41.6 Å². The Bertz CT molecular complexity index is 1230. The van der Waals surface area contributed by atoms with Crippen LogP contribution in [0.15, 0.2) is 53.7 Å². The van der Waals surface area contributed by atoms with Crippen molar-refractivity contribution in [3.05, 3.63) is 53.6 Å². The van der Waals surface area contributed by atoms with E-state index < -0.39 is 0 Å². The van der Waals surface area contributed by atoms with E-state index in [4.69, 9.17) is 11.6 Å². The highest BCUT2D eigenvalue weighted by Gasteiger charge is 2.30. The fourth-order valence-electron chi connectivity index (χ4n) is 4.48. The molecule has 1 fully saturated rings. The van der Waals surface area contributed by atoms with Crippen molar-refractivity contribution in [2.45, 2.75) is 37.4 Å². The summed E-state index contributed by atoms with van der Waals surface area (Å²) < 4.78 is 1.97. The highest BCUT2D eigenvalue weighted by atomic mass is 35.5. The molecule has 5 rings (SSSR count). The molecule has 0 radical (unpaired) electrons. The molecule has 0 saturated carbocycles. The van der Waals surface area contributed by atoms with Crippen LogP contribution in [0.3, 0.4) is 0 Å². The van der Waals surface area contributed by atoms with Crippen molar-refractivity contribution >= 4 is 52.5 Å². The first kappa shape index (κ1) is 22.7. The minimum Gasteiger partial charge on any atom is -0.341 e. The quantitative estimate of drug-likeness (QED) is 0.528. The van der Waals surface area contributed by atoms with Gasteiger partial charge in [0.2, 0.25) is 17.8 Å². The van der Waals surface area contributed by atoms with E-state index in [1.807, 2.05) is 60.0 Å². The maximum absolute atomic E-state index is 13.4. The molecular formula is C24H25ClN6O2S. The van der Waals surface area contributed by atoms with E-state index in [1.54, 1.807) is 4.90 Å². The van der Waals surface area contributed by atoms with E-state index in [1.165, 1.54) is 11.8 Å². The molecule has 3 heterocycles. The molecule has 3 aromatic rings. The van der Waals surface area contributed by atoms with E-state index in [2.05, 4.69) is 20.4 Å². The Labute approximate surface area is 207 Å². The zero-order valence-electron chi connectivity index (χ0n) is 18.8. The van der Waals surface area contributed by atoms with Crippen LogP contribution in [-0.4, -0.2) is 51.5 Å². The molecule has 10 heteroatoms. The SMILES string of the molecule is CC1CC(=O)Nc2ccccc2N1C(=O)CSc1nnc(N2CCCC2)n1-c1cccc(Cl)c1. The number of nitrogens with one attached hydrogen (secondary N) is 1. The summed E-state index contributed by atoms with van der Waals surface area (Å²) in [4.78, 5) is 29.6. The molecule has 0 aliphatic carbocycles. The average molecular weight is 497 g/mol. The number of thioether (sulfide) groups is 1. The average Bonchev–Trinajstić information content (AvgIpc) is 3.46. The maximum Gasteiger partial charge on any atom is 0.237 e. The Morgan fingerprint density at radius 1 is 1.15 bits per heavy atom. The molecule has 1 atom stereocenters.